The van der Waals surface area contributed by atoms with Crippen LogP contribution >= 0.6 is 0 Å². The lowest BCUT2D eigenvalue weighted by Gasteiger charge is -2.21. The van der Waals surface area contributed by atoms with Crippen LogP contribution in [0.1, 0.15) is 24.0 Å². The molecule has 0 heterocycles. The Balaban J connectivity index is 2.01. The lowest BCUT2D eigenvalue weighted by Crippen LogP contribution is -2.41. The smallest absolute Gasteiger partial charge is 0.0254 e. The van der Waals surface area contributed by atoms with Crippen LogP contribution < -0.4 is 11.3 Å². The molecule has 0 amide bonds. The monoisotopic (exact) mass is 214 g/mol. The average molecular weight is 214 g/mol. The van der Waals surface area contributed by atoms with E-state index in [1.54, 1.807) is 0 Å². The molecule has 0 fully saturated rings. The fraction of sp³-hybridized carbons (Fsp3) is 0.429. The maximum atomic E-state index is 5.61. The normalized spacial score (nSPS) is 16.8. The predicted molar refractivity (Wildman–Crippen MR) is 66.5 cm³/mol. The number of fused-ring (bicyclic) bond motifs is 1. The van der Waals surface area contributed by atoms with E-state index in [4.69, 9.17) is 12.3 Å². The van der Waals surface area contributed by atoms with Crippen molar-refractivity contribution in [1.29, 1.82) is 0 Å². The molecule has 3 N–H and O–H groups in total. The van der Waals surface area contributed by atoms with Gasteiger partial charge >= 0.3 is 0 Å². The molecule has 1 aromatic rings. The van der Waals surface area contributed by atoms with Gasteiger partial charge in [-0.15, -0.1) is 12.3 Å². The molecular formula is C14H18N2. The zero-order chi connectivity index (χ0) is 11.4. The van der Waals surface area contributed by atoms with Gasteiger partial charge in [-0.3, -0.25) is 11.3 Å². The van der Waals surface area contributed by atoms with Gasteiger partial charge in [-0.1, -0.05) is 24.3 Å². The molecule has 0 saturated heterocycles. The van der Waals surface area contributed by atoms with E-state index in [-0.39, 0.29) is 0 Å². The molecule has 1 aliphatic carbocycles. The van der Waals surface area contributed by atoms with Gasteiger partial charge in [0.2, 0.25) is 0 Å². The first kappa shape index (κ1) is 11.2. The van der Waals surface area contributed by atoms with Gasteiger partial charge in [0.1, 0.15) is 0 Å². The quantitative estimate of drug-likeness (QED) is 0.454. The van der Waals surface area contributed by atoms with Gasteiger partial charge in [0.15, 0.2) is 0 Å². The van der Waals surface area contributed by atoms with Crippen molar-refractivity contribution in [1.82, 2.24) is 5.43 Å². The van der Waals surface area contributed by atoms with Crippen LogP contribution in [0.2, 0.25) is 0 Å². The summed E-state index contributed by atoms with van der Waals surface area (Å²) >= 11 is 0. The highest BCUT2D eigenvalue weighted by atomic mass is 15.2. The van der Waals surface area contributed by atoms with E-state index < -0.39 is 0 Å². The third-order valence-corrected chi connectivity index (χ3v) is 3.47. The fourth-order valence-electron chi connectivity index (χ4n) is 2.57. The summed E-state index contributed by atoms with van der Waals surface area (Å²) in [6.07, 6.45) is 9.29. The van der Waals surface area contributed by atoms with Crippen LogP contribution in [0.15, 0.2) is 24.3 Å². The Hall–Kier alpha value is -1.30. The lowest BCUT2D eigenvalue weighted by atomic mass is 9.93. The topological polar surface area (TPSA) is 38.0 Å². The fourth-order valence-corrected chi connectivity index (χ4v) is 2.57. The van der Waals surface area contributed by atoms with Crippen molar-refractivity contribution < 1.29 is 0 Å². The Bertz CT molecular complexity index is 367. The van der Waals surface area contributed by atoms with Gasteiger partial charge in [-0.2, -0.15) is 0 Å². The summed E-state index contributed by atoms with van der Waals surface area (Å²) in [6, 6.07) is 8.97. The Morgan fingerprint density at radius 3 is 2.50 bits per heavy atom. The minimum Gasteiger partial charge on any atom is -0.271 e. The van der Waals surface area contributed by atoms with Gasteiger partial charge in [-0.25, -0.2) is 0 Å². The molecule has 0 spiro atoms. The van der Waals surface area contributed by atoms with E-state index in [1.165, 1.54) is 11.1 Å². The highest BCUT2D eigenvalue weighted by Gasteiger charge is 2.27. The second kappa shape index (κ2) is 5.16. The first-order chi connectivity index (χ1) is 7.85. The van der Waals surface area contributed by atoms with E-state index >= 15 is 0 Å². The number of nitrogens with one attached hydrogen (secondary N) is 1. The summed E-state index contributed by atoms with van der Waals surface area (Å²) in [7, 11) is 0. The number of hydrogen-bond donors (Lipinski definition) is 2. The molecule has 0 saturated carbocycles. The molecular weight excluding hydrogens is 196 g/mol. The number of benzene rings is 1. The third kappa shape index (κ3) is 2.27. The molecule has 0 radical (unpaired) electrons. The molecule has 0 aromatic heterocycles. The van der Waals surface area contributed by atoms with Crippen molar-refractivity contribution in [3.05, 3.63) is 35.4 Å². The minimum atomic E-state index is 0.337. The van der Waals surface area contributed by atoms with Crippen LogP contribution in [0.4, 0.5) is 0 Å². The molecule has 1 aromatic carbocycles. The van der Waals surface area contributed by atoms with Crippen LogP contribution in [-0.2, 0) is 12.8 Å². The predicted octanol–water partition coefficient (Wildman–Crippen LogP) is 1.65. The summed E-state index contributed by atoms with van der Waals surface area (Å²) in [5, 5.41) is 0. The standard InChI is InChI=1S/C14H18N2/c1-2-3-8-14(16-15)13-9-11-6-4-5-7-12(11)10-13/h1,4-7,13-14,16H,3,8-10,15H2. The largest absolute Gasteiger partial charge is 0.271 e. The van der Waals surface area contributed by atoms with E-state index in [2.05, 4.69) is 35.6 Å². The third-order valence-electron chi connectivity index (χ3n) is 3.47. The number of nitrogens with two attached hydrogens (primary N) is 1. The Morgan fingerprint density at radius 1 is 1.38 bits per heavy atom. The summed E-state index contributed by atoms with van der Waals surface area (Å²) in [6.45, 7) is 0. The van der Waals surface area contributed by atoms with Crippen molar-refractivity contribution in [2.24, 2.45) is 11.8 Å². The lowest BCUT2D eigenvalue weighted by molar-refractivity contribution is 0.353. The van der Waals surface area contributed by atoms with Gasteiger partial charge < -0.3 is 0 Å². The van der Waals surface area contributed by atoms with Crippen LogP contribution in [0.25, 0.3) is 0 Å². The molecule has 0 aliphatic heterocycles. The number of terminal acetylenes is 1. The number of hydrogen-bond acceptors (Lipinski definition) is 2. The first-order valence-electron chi connectivity index (χ1n) is 5.81. The summed E-state index contributed by atoms with van der Waals surface area (Å²) in [4.78, 5) is 0. The van der Waals surface area contributed by atoms with Crippen LogP contribution in [-0.4, -0.2) is 6.04 Å². The maximum Gasteiger partial charge on any atom is 0.0254 e. The van der Waals surface area contributed by atoms with E-state index in [1.807, 2.05) is 0 Å². The Morgan fingerprint density at radius 2 is 2.00 bits per heavy atom. The minimum absolute atomic E-state index is 0.337. The maximum absolute atomic E-state index is 5.61. The molecule has 16 heavy (non-hydrogen) atoms. The highest BCUT2D eigenvalue weighted by molar-refractivity contribution is 5.32. The zero-order valence-electron chi connectivity index (χ0n) is 9.45. The Labute approximate surface area is 97.2 Å². The van der Waals surface area contributed by atoms with E-state index in [9.17, 15) is 0 Å². The summed E-state index contributed by atoms with van der Waals surface area (Å²) < 4.78 is 0. The van der Waals surface area contributed by atoms with Crippen molar-refractivity contribution in [3.63, 3.8) is 0 Å². The molecule has 84 valence electrons. The molecule has 1 unspecified atom stereocenters. The van der Waals surface area contributed by atoms with Crippen LogP contribution in [0, 0.1) is 18.3 Å². The van der Waals surface area contributed by atoms with Gasteiger partial charge in [0, 0.05) is 12.5 Å². The summed E-state index contributed by atoms with van der Waals surface area (Å²) in [5.41, 5.74) is 5.85. The number of rotatable bonds is 4. The molecule has 2 heteroatoms. The summed E-state index contributed by atoms with van der Waals surface area (Å²) in [5.74, 6) is 8.88. The van der Waals surface area contributed by atoms with Gasteiger partial charge in [0.25, 0.3) is 0 Å². The highest BCUT2D eigenvalue weighted by Crippen LogP contribution is 2.29. The second-order valence-electron chi connectivity index (χ2n) is 4.45. The second-order valence-corrected chi connectivity index (χ2v) is 4.45. The Kier molecular flexibility index (Phi) is 3.61. The molecule has 1 aliphatic rings. The van der Waals surface area contributed by atoms with Crippen molar-refractivity contribution in [3.8, 4) is 12.3 Å². The molecule has 1 atom stereocenters. The SMILES string of the molecule is C#CCCC(NN)C1Cc2ccccc2C1. The van der Waals surface area contributed by atoms with E-state index in [0.717, 1.165) is 25.7 Å². The zero-order valence-corrected chi connectivity index (χ0v) is 9.45. The van der Waals surface area contributed by atoms with E-state index in [0.29, 0.717) is 12.0 Å². The number of hydrazine groups is 1. The van der Waals surface area contributed by atoms with Crippen molar-refractivity contribution in [2.45, 2.75) is 31.7 Å². The van der Waals surface area contributed by atoms with Gasteiger partial charge in [-0.05, 0) is 36.3 Å². The van der Waals surface area contributed by atoms with Crippen LogP contribution in [0.3, 0.4) is 0 Å². The first-order valence-corrected chi connectivity index (χ1v) is 5.81. The van der Waals surface area contributed by atoms with Gasteiger partial charge in [0.05, 0.1) is 0 Å². The van der Waals surface area contributed by atoms with Crippen LogP contribution in [0.5, 0.6) is 0 Å². The average Bonchev–Trinajstić information content (AvgIpc) is 2.73. The van der Waals surface area contributed by atoms with Crippen molar-refractivity contribution in [2.75, 3.05) is 0 Å². The molecule has 0 bridgehead atoms. The molecule has 2 nitrogen and oxygen atoms in total. The molecule has 2 rings (SSSR count). The van der Waals surface area contributed by atoms with Crippen molar-refractivity contribution >= 4 is 0 Å².